The number of hydrogen-bond donors (Lipinski definition) is 1. The molecule has 0 spiro atoms. The van der Waals surface area contributed by atoms with Crippen LogP contribution in [0, 0.1) is 0 Å². The highest BCUT2D eigenvalue weighted by atomic mass is 16.2. The average Bonchev–Trinajstić information content (AvgIpc) is 2.72. The molecule has 3 aromatic carbocycles. The van der Waals surface area contributed by atoms with Gasteiger partial charge in [-0.05, 0) is 65.8 Å². The highest BCUT2D eigenvalue weighted by Crippen LogP contribution is 2.42. The minimum atomic E-state index is -0.115. The molecule has 154 valence electrons. The number of hydrogen-bond acceptors (Lipinski definition) is 3. The topological polar surface area (TPSA) is 44.7 Å². The van der Waals surface area contributed by atoms with Gasteiger partial charge in [0.1, 0.15) is 0 Å². The Morgan fingerprint density at radius 3 is 2.77 bits per heavy atom. The van der Waals surface area contributed by atoms with Crippen molar-refractivity contribution in [1.82, 2.24) is 5.43 Å². The Kier molecular flexibility index (Phi) is 5.33. The summed E-state index contributed by atoms with van der Waals surface area (Å²) >= 11 is 0. The molecule has 1 atom stereocenters. The number of rotatable bonds is 4. The van der Waals surface area contributed by atoms with Crippen LogP contribution in [0.4, 0.5) is 5.69 Å². The van der Waals surface area contributed by atoms with Crippen LogP contribution in [0.5, 0.6) is 0 Å². The van der Waals surface area contributed by atoms with Crippen molar-refractivity contribution < 1.29 is 4.79 Å². The first-order valence-corrected chi connectivity index (χ1v) is 10.5. The van der Waals surface area contributed by atoms with E-state index in [0.29, 0.717) is 12.3 Å². The minimum absolute atomic E-state index is 0.115. The summed E-state index contributed by atoms with van der Waals surface area (Å²) in [7, 11) is 2.16. The molecule has 0 saturated carbocycles. The van der Waals surface area contributed by atoms with Gasteiger partial charge >= 0.3 is 0 Å². The standard InChI is InChI=1S/C26H29N3O/c1-18-16-26(2,3)29(4)24-13-12-19(14-23(18)24)17-27-28-25(30)15-21-10-7-9-20-8-5-6-11-22(20)21/h5-14,17-18H,15-16H2,1-4H3,(H,28,30)/b27-17-/t18-/m1/s1. The number of nitrogens with one attached hydrogen (secondary N) is 1. The van der Waals surface area contributed by atoms with Crippen molar-refractivity contribution in [1.29, 1.82) is 0 Å². The number of carbonyl (C=O) groups excluding carboxylic acids is 1. The molecular formula is C26H29N3O. The van der Waals surface area contributed by atoms with Gasteiger partial charge < -0.3 is 4.90 Å². The summed E-state index contributed by atoms with van der Waals surface area (Å²) in [6, 6.07) is 20.6. The fourth-order valence-electron chi connectivity index (χ4n) is 4.51. The first-order valence-electron chi connectivity index (χ1n) is 10.5. The molecule has 0 bridgehead atoms. The summed E-state index contributed by atoms with van der Waals surface area (Å²) in [5, 5.41) is 6.45. The lowest BCUT2D eigenvalue weighted by Crippen LogP contribution is -2.45. The molecule has 1 heterocycles. The Labute approximate surface area is 178 Å². The molecule has 0 aliphatic carbocycles. The van der Waals surface area contributed by atoms with Crippen LogP contribution in [0.25, 0.3) is 10.8 Å². The zero-order chi connectivity index (χ0) is 21.3. The number of fused-ring (bicyclic) bond motifs is 2. The third kappa shape index (κ3) is 3.95. The van der Waals surface area contributed by atoms with E-state index in [2.05, 4.69) is 73.6 Å². The normalized spacial score (nSPS) is 17.9. The molecule has 0 radical (unpaired) electrons. The van der Waals surface area contributed by atoms with Crippen molar-refractivity contribution >= 4 is 28.6 Å². The van der Waals surface area contributed by atoms with Gasteiger partial charge in [0.15, 0.2) is 0 Å². The van der Waals surface area contributed by atoms with Crippen molar-refractivity contribution in [3.05, 3.63) is 77.4 Å². The Morgan fingerprint density at radius 1 is 1.17 bits per heavy atom. The molecule has 1 aliphatic rings. The van der Waals surface area contributed by atoms with Crippen LogP contribution in [0.15, 0.2) is 65.8 Å². The van der Waals surface area contributed by atoms with Crippen molar-refractivity contribution in [2.24, 2.45) is 5.10 Å². The zero-order valence-corrected chi connectivity index (χ0v) is 18.1. The molecule has 0 fully saturated rings. The van der Waals surface area contributed by atoms with E-state index in [0.717, 1.165) is 28.3 Å². The van der Waals surface area contributed by atoms with E-state index in [9.17, 15) is 4.79 Å². The second-order valence-corrected chi connectivity index (χ2v) is 8.90. The van der Waals surface area contributed by atoms with Crippen LogP contribution >= 0.6 is 0 Å². The number of carbonyl (C=O) groups is 1. The van der Waals surface area contributed by atoms with E-state index >= 15 is 0 Å². The Bertz CT molecular complexity index is 1110. The van der Waals surface area contributed by atoms with Crippen molar-refractivity contribution in [2.75, 3.05) is 11.9 Å². The second kappa shape index (κ2) is 7.94. The Morgan fingerprint density at radius 2 is 1.93 bits per heavy atom. The van der Waals surface area contributed by atoms with Gasteiger partial charge in [-0.2, -0.15) is 5.10 Å². The smallest absolute Gasteiger partial charge is 0.244 e. The SMILES string of the molecule is C[C@@H]1CC(C)(C)N(C)c2ccc(/C=N\NC(=O)Cc3cccc4ccccc34)cc21. The van der Waals surface area contributed by atoms with E-state index in [1.54, 1.807) is 6.21 Å². The first kappa shape index (κ1) is 20.1. The van der Waals surface area contributed by atoms with Crippen molar-refractivity contribution in [2.45, 2.75) is 45.1 Å². The maximum Gasteiger partial charge on any atom is 0.244 e. The van der Waals surface area contributed by atoms with Gasteiger partial charge in [-0.15, -0.1) is 0 Å². The van der Waals surface area contributed by atoms with Gasteiger partial charge in [-0.25, -0.2) is 5.43 Å². The van der Waals surface area contributed by atoms with Crippen LogP contribution in [0.3, 0.4) is 0 Å². The minimum Gasteiger partial charge on any atom is -0.369 e. The van der Waals surface area contributed by atoms with Crippen LogP contribution < -0.4 is 10.3 Å². The lowest BCUT2D eigenvalue weighted by atomic mass is 9.80. The largest absolute Gasteiger partial charge is 0.369 e. The fraction of sp³-hybridized carbons (Fsp3) is 0.308. The van der Waals surface area contributed by atoms with E-state index in [-0.39, 0.29) is 11.4 Å². The summed E-state index contributed by atoms with van der Waals surface area (Å²) in [4.78, 5) is 14.8. The molecule has 4 nitrogen and oxygen atoms in total. The molecular weight excluding hydrogens is 370 g/mol. The Hall–Kier alpha value is -3.14. The molecule has 3 aromatic rings. The maximum atomic E-state index is 12.4. The molecule has 30 heavy (non-hydrogen) atoms. The summed E-state index contributed by atoms with van der Waals surface area (Å²) in [5.74, 6) is 0.371. The monoisotopic (exact) mass is 399 g/mol. The van der Waals surface area contributed by atoms with E-state index in [1.165, 1.54) is 11.3 Å². The molecule has 1 aliphatic heterocycles. The third-order valence-electron chi connectivity index (χ3n) is 6.29. The highest BCUT2D eigenvalue weighted by Gasteiger charge is 2.33. The van der Waals surface area contributed by atoms with Gasteiger partial charge in [-0.1, -0.05) is 55.5 Å². The molecule has 4 heteroatoms. The molecule has 1 amide bonds. The molecule has 0 saturated heterocycles. The lowest BCUT2D eigenvalue weighted by molar-refractivity contribution is -0.120. The number of amides is 1. The molecule has 1 N–H and O–H groups in total. The summed E-state index contributed by atoms with van der Waals surface area (Å²) < 4.78 is 0. The van der Waals surface area contributed by atoms with Gasteiger partial charge in [0, 0.05) is 18.3 Å². The van der Waals surface area contributed by atoms with E-state index in [1.807, 2.05) is 30.3 Å². The lowest BCUT2D eigenvalue weighted by Gasteiger charge is -2.45. The third-order valence-corrected chi connectivity index (χ3v) is 6.29. The highest BCUT2D eigenvalue weighted by molar-refractivity contribution is 5.90. The van der Waals surface area contributed by atoms with Crippen LogP contribution in [-0.2, 0) is 11.2 Å². The molecule has 0 unspecified atom stereocenters. The van der Waals surface area contributed by atoms with Gasteiger partial charge in [0.25, 0.3) is 0 Å². The van der Waals surface area contributed by atoms with Crippen LogP contribution in [0.2, 0.25) is 0 Å². The van der Waals surface area contributed by atoms with E-state index < -0.39 is 0 Å². The quantitative estimate of drug-likeness (QED) is 0.481. The second-order valence-electron chi connectivity index (χ2n) is 8.90. The summed E-state index contributed by atoms with van der Waals surface area (Å²) in [6.45, 7) is 6.85. The Balaban J connectivity index is 1.45. The predicted molar refractivity (Wildman–Crippen MR) is 125 cm³/mol. The van der Waals surface area contributed by atoms with E-state index in [4.69, 9.17) is 0 Å². The number of nitrogens with zero attached hydrogens (tertiary/aromatic N) is 2. The number of anilines is 1. The first-order chi connectivity index (χ1) is 14.3. The zero-order valence-electron chi connectivity index (χ0n) is 18.1. The van der Waals surface area contributed by atoms with Gasteiger partial charge in [0.2, 0.25) is 5.91 Å². The molecule has 4 rings (SSSR count). The average molecular weight is 400 g/mol. The number of benzene rings is 3. The molecule has 0 aromatic heterocycles. The fourth-order valence-corrected chi connectivity index (χ4v) is 4.51. The van der Waals surface area contributed by atoms with Gasteiger partial charge in [-0.3, -0.25) is 4.79 Å². The van der Waals surface area contributed by atoms with Crippen LogP contribution in [-0.4, -0.2) is 24.7 Å². The van der Waals surface area contributed by atoms with Crippen molar-refractivity contribution in [3.8, 4) is 0 Å². The summed E-state index contributed by atoms with van der Waals surface area (Å²) in [5.41, 5.74) is 7.45. The maximum absolute atomic E-state index is 12.4. The van der Waals surface area contributed by atoms with Gasteiger partial charge in [0.05, 0.1) is 12.6 Å². The predicted octanol–water partition coefficient (Wildman–Crippen LogP) is 5.25. The van der Waals surface area contributed by atoms with Crippen molar-refractivity contribution in [3.63, 3.8) is 0 Å². The van der Waals surface area contributed by atoms with Crippen LogP contribution in [0.1, 0.15) is 49.8 Å². The number of hydrazone groups is 1. The summed E-state index contributed by atoms with van der Waals surface area (Å²) in [6.07, 6.45) is 3.15.